The van der Waals surface area contributed by atoms with Crippen molar-refractivity contribution in [3.63, 3.8) is 0 Å². The van der Waals surface area contributed by atoms with Crippen molar-refractivity contribution in [3.8, 4) is 11.5 Å². The molecule has 0 saturated heterocycles. The molecule has 1 N–H and O–H groups in total. The van der Waals surface area contributed by atoms with Crippen molar-refractivity contribution in [2.75, 3.05) is 5.32 Å². The number of carbonyl (C=O) groups is 2. The van der Waals surface area contributed by atoms with Crippen LogP contribution in [0.4, 0.5) is 10.1 Å². The molecule has 7 nitrogen and oxygen atoms in total. The molecule has 0 bridgehead atoms. The highest BCUT2D eigenvalue weighted by Gasteiger charge is 2.16. The predicted molar refractivity (Wildman–Crippen MR) is 134 cm³/mol. The number of hydrogen-bond acceptors (Lipinski definition) is 6. The number of halogens is 1. The van der Waals surface area contributed by atoms with Gasteiger partial charge in [-0.2, -0.15) is 5.10 Å². The Morgan fingerprint density at radius 2 is 1.94 bits per heavy atom. The number of hydrogen-bond donors (Lipinski definition) is 1. The van der Waals surface area contributed by atoms with E-state index in [1.807, 2.05) is 32.9 Å². The van der Waals surface area contributed by atoms with Crippen molar-refractivity contribution in [2.24, 2.45) is 0 Å². The lowest BCUT2D eigenvalue weighted by Gasteiger charge is -2.18. The van der Waals surface area contributed by atoms with Crippen LogP contribution in [0, 0.1) is 5.82 Å². The van der Waals surface area contributed by atoms with Crippen LogP contribution in [0.1, 0.15) is 33.3 Å². The summed E-state index contributed by atoms with van der Waals surface area (Å²) in [5.74, 6) is -0.118. The van der Waals surface area contributed by atoms with Crippen LogP contribution in [-0.4, -0.2) is 25.8 Å². The second-order valence-electron chi connectivity index (χ2n) is 9.01. The molecule has 0 aliphatic heterocycles. The average molecular weight is 493 g/mol. The molecule has 0 fully saturated rings. The first-order valence-corrected chi connectivity index (χ1v) is 11.8. The number of thioether (sulfide) groups is 1. The molecule has 9 heteroatoms. The molecule has 180 valence electrons. The van der Waals surface area contributed by atoms with Crippen LogP contribution in [0.5, 0.6) is 11.5 Å². The highest BCUT2D eigenvalue weighted by atomic mass is 32.2. The molecule has 2 aromatic carbocycles. The summed E-state index contributed by atoms with van der Waals surface area (Å²) in [6.07, 6.45) is 4.78. The van der Waals surface area contributed by atoms with Crippen molar-refractivity contribution >= 4 is 39.4 Å². The van der Waals surface area contributed by atoms with E-state index in [1.165, 1.54) is 19.1 Å². The number of anilines is 1. The summed E-state index contributed by atoms with van der Waals surface area (Å²) in [6, 6.07) is 11.5. The summed E-state index contributed by atoms with van der Waals surface area (Å²) in [5.41, 5.74) is 1.28. The quantitative estimate of drug-likeness (QED) is 0.335. The third kappa shape index (κ3) is 6.05. The van der Waals surface area contributed by atoms with E-state index in [2.05, 4.69) is 15.4 Å². The van der Waals surface area contributed by atoms with Crippen LogP contribution in [0.2, 0.25) is 0 Å². The molecule has 2 aromatic heterocycles. The Labute approximate surface area is 206 Å². The van der Waals surface area contributed by atoms with Gasteiger partial charge in [0, 0.05) is 35.7 Å². The highest BCUT2D eigenvalue weighted by molar-refractivity contribution is 8.13. The summed E-state index contributed by atoms with van der Waals surface area (Å²) in [4.78, 5) is 29.0. The van der Waals surface area contributed by atoms with Gasteiger partial charge in [-0.3, -0.25) is 19.3 Å². The Hall–Kier alpha value is -3.72. The van der Waals surface area contributed by atoms with E-state index in [-0.39, 0.29) is 34.3 Å². The van der Waals surface area contributed by atoms with Gasteiger partial charge in [0.25, 0.3) is 0 Å². The maximum absolute atomic E-state index is 14.8. The largest absolute Gasteiger partial charge is 0.456 e. The Kier molecular flexibility index (Phi) is 6.88. The van der Waals surface area contributed by atoms with Gasteiger partial charge in [0.2, 0.25) is 5.91 Å². The zero-order chi connectivity index (χ0) is 25.2. The van der Waals surface area contributed by atoms with Crippen LogP contribution >= 0.6 is 11.8 Å². The summed E-state index contributed by atoms with van der Waals surface area (Å²) in [5, 5.41) is 7.68. The summed E-state index contributed by atoms with van der Waals surface area (Å²) < 4.78 is 22.5. The number of carbonyl (C=O) groups excluding carboxylic acids is 2. The minimum absolute atomic E-state index is 0.0274. The number of amides is 1. The number of nitrogens with zero attached hydrogens (tertiary/aromatic N) is 3. The van der Waals surface area contributed by atoms with Crippen molar-refractivity contribution < 1.29 is 18.7 Å². The Morgan fingerprint density at radius 1 is 1.14 bits per heavy atom. The Morgan fingerprint density at radius 3 is 2.63 bits per heavy atom. The monoisotopic (exact) mass is 492 g/mol. The Bertz CT molecular complexity index is 1410. The van der Waals surface area contributed by atoms with Gasteiger partial charge < -0.3 is 10.1 Å². The van der Waals surface area contributed by atoms with Crippen LogP contribution in [0.3, 0.4) is 0 Å². The van der Waals surface area contributed by atoms with E-state index in [0.717, 1.165) is 16.7 Å². The summed E-state index contributed by atoms with van der Waals surface area (Å²) >= 11 is 1.12. The summed E-state index contributed by atoms with van der Waals surface area (Å²) in [6.45, 7) is 7.51. The second-order valence-corrected chi connectivity index (χ2v) is 10.3. The molecule has 0 aliphatic rings. The van der Waals surface area contributed by atoms with Crippen LogP contribution in [0.15, 0.2) is 66.0 Å². The molecular formula is C26H25FN4O3S. The fourth-order valence-electron chi connectivity index (χ4n) is 3.41. The minimum atomic E-state index is -0.547. The van der Waals surface area contributed by atoms with Gasteiger partial charge in [-0.1, -0.05) is 17.8 Å². The number of ether oxygens (including phenoxy) is 1. The predicted octanol–water partition coefficient (Wildman–Crippen LogP) is 5.94. The molecule has 2 heterocycles. The molecule has 0 spiro atoms. The number of pyridine rings is 1. The van der Waals surface area contributed by atoms with E-state index >= 15 is 0 Å². The lowest BCUT2D eigenvalue weighted by atomic mass is 10.1. The van der Waals surface area contributed by atoms with E-state index in [1.54, 1.807) is 41.5 Å². The molecule has 0 aliphatic carbocycles. The molecule has 1 amide bonds. The minimum Gasteiger partial charge on any atom is -0.456 e. The number of rotatable bonds is 6. The van der Waals surface area contributed by atoms with Crippen molar-refractivity contribution in [2.45, 2.75) is 44.6 Å². The average Bonchev–Trinajstić information content (AvgIpc) is 3.25. The highest BCUT2D eigenvalue weighted by Crippen LogP contribution is 2.32. The number of benzene rings is 2. The maximum Gasteiger partial charge on any atom is 0.228 e. The first-order chi connectivity index (χ1) is 16.6. The summed E-state index contributed by atoms with van der Waals surface area (Å²) in [7, 11) is 0. The SMILES string of the molecule is CC(=O)Sc1ccc2nccc(Oc3ccc(CC(=O)Nc4cnn(C(C)(C)C)c4)c(F)c3)c2c1. The normalized spacial score (nSPS) is 11.5. The second kappa shape index (κ2) is 9.87. The molecule has 0 radical (unpaired) electrons. The first kappa shape index (κ1) is 24.4. The molecule has 4 rings (SSSR count). The zero-order valence-corrected chi connectivity index (χ0v) is 20.6. The van der Waals surface area contributed by atoms with E-state index < -0.39 is 5.82 Å². The van der Waals surface area contributed by atoms with Crippen LogP contribution in [0.25, 0.3) is 10.9 Å². The van der Waals surface area contributed by atoms with Crippen LogP contribution < -0.4 is 10.1 Å². The van der Waals surface area contributed by atoms with Crippen LogP contribution in [-0.2, 0) is 21.5 Å². The smallest absolute Gasteiger partial charge is 0.228 e. The Balaban J connectivity index is 1.47. The van der Waals surface area contributed by atoms with Gasteiger partial charge >= 0.3 is 0 Å². The van der Waals surface area contributed by atoms with E-state index in [4.69, 9.17) is 4.74 Å². The zero-order valence-electron chi connectivity index (χ0n) is 19.8. The van der Waals surface area contributed by atoms with Crippen molar-refractivity contribution in [1.82, 2.24) is 14.8 Å². The van der Waals surface area contributed by atoms with Gasteiger partial charge in [-0.15, -0.1) is 0 Å². The van der Waals surface area contributed by atoms with Gasteiger partial charge in [-0.05, 0) is 56.7 Å². The first-order valence-electron chi connectivity index (χ1n) is 11.0. The third-order valence-corrected chi connectivity index (χ3v) is 5.87. The molecular weight excluding hydrogens is 467 g/mol. The van der Waals surface area contributed by atoms with Gasteiger partial charge in [0.1, 0.15) is 17.3 Å². The maximum atomic E-state index is 14.8. The standard InChI is InChI=1S/C26H25FN4O3S/c1-16(32)35-20-7-8-23-21(13-20)24(9-10-28-23)34-19-6-5-17(22(27)12-19)11-25(33)30-18-14-29-31(15-18)26(2,3)4/h5-10,12-15H,11H2,1-4H3,(H,30,33). The molecule has 35 heavy (non-hydrogen) atoms. The lowest BCUT2D eigenvalue weighted by Crippen LogP contribution is -2.22. The fraction of sp³-hybridized carbons (Fsp3) is 0.231. The molecule has 0 unspecified atom stereocenters. The van der Waals surface area contributed by atoms with Gasteiger partial charge in [0.05, 0.1) is 29.4 Å². The topological polar surface area (TPSA) is 86.1 Å². The molecule has 0 atom stereocenters. The number of nitrogens with one attached hydrogen (secondary N) is 1. The van der Waals surface area contributed by atoms with E-state index in [9.17, 15) is 14.0 Å². The fourth-order valence-corrected chi connectivity index (χ4v) is 4.06. The van der Waals surface area contributed by atoms with E-state index in [0.29, 0.717) is 22.3 Å². The molecule has 4 aromatic rings. The lowest BCUT2D eigenvalue weighted by molar-refractivity contribution is -0.115. The van der Waals surface area contributed by atoms with Gasteiger partial charge in [-0.25, -0.2) is 4.39 Å². The number of fused-ring (bicyclic) bond motifs is 1. The van der Waals surface area contributed by atoms with Crippen molar-refractivity contribution in [3.05, 3.63) is 72.4 Å². The number of aromatic nitrogens is 3. The third-order valence-electron chi connectivity index (χ3n) is 5.09. The van der Waals surface area contributed by atoms with Crippen molar-refractivity contribution in [1.29, 1.82) is 0 Å². The van der Waals surface area contributed by atoms with Gasteiger partial charge in [0.15, 0.2) is 5.12 Å². The molecule has 0 saturated carbocycles.